The minimum absolute atomic E-state index is 0.0476. The molecule has 1 aromatic heterocycles. The topological polar surface area (TPSA) is 101 Å². The molecule has 1 heterocycles. The van der Waals surface area contributed by atoms with E-state index in [2.05, 4.69) is 4.98 Å². The number of H-pyrrole nitrogens is 1. The van der Waals surface area contributed by atoms with E-state index in [4.69, 9.17) is 5.73 Å². The summed E-state index contributed by atoms with van der Waals surface area (Å²) in [6.45, 7) is 6.53. The highest BCUT2D eigenvalue weighted by Gasteiger charge is 2.23. The van der Waals surface area contributed by atoms with Crippen LogP contribution < -0.4 is 21.9 Å². The zero-order chi connectivity index (χ0) is 22.3. The smallest absolute Gasteiger partial charge is 0.330 e. The molecule has 0 bridgehead atoms. The monoisotopic (exact) mass is 416 g/mol. The lowest BCUT2D eigenvalue weighted by Crippen LogP contribution is -2.41. The highest BCUT2D eigenvalue weighted by atomic mass is 19.1. The summed E-state index contributed by atoms with van der Waals surface area (Å²) >= 11 is 0. The second kappa shape index (κ2) is 10.6. The molecule has 0 fully saturated rings. The molecule has 30 heavy (non-hydrogen) atoms. The van der Waals surface area contributed by atoms with E-state index in [-0.39, 0.29) is 29.5 Å². The van der Waals surface area contributed by atoms with Gasteiger partial charge in [-0.3, -0.25) is 19.1 Å². The van der Waals surface area contributed by atoms with Gasteiger partial charge in [-0.2, -0.15) is 0 Å². The molecule has 0 unspecified atom stereocenters. The van der Waals surface area contributed by atoms with E-state index in [9.17, 15) is 18.8 Å². The molecular weight excluding hydrogens is 387 g/mol. The number of hydrogen-bond donors (Lipinski definition) is 2. The number of carbonyl (C=O) groups excluding carboxylic acids is 1. The number of unbranched alkanes of at least 4 members (excludes halogenated alkanes) is 1. The number of nitrogens with one attached hydrogen (secondary N) is 1. The molecule has 0 radical (unpaired) electrons. The summed E-state index contributed by atoms with van der Waals surface area (Å²) in [6.07, 6.45) is 4.72. The second-order valence-corrected chi connectivity index (χ2v) is 7.53. The standard InChI is InChI=1S/C22H29FN4O3/c1-4-5-13-27-20(24)19(21(29)25-22(27)30)26(14-12-15(2)3)18(28)11-10-16-8-6-7-9-17(16)23/h6-11,15H,4-5,12-14,24H2,1-3H3,(H,25,29,30)/b11-10+. The van der Waals surface area contributed by atoms with Gasteiger partial charge in [0.1, 0.15) is 11.6 Å². The van der Waals surface area contributed by atoms with Crippen LogP contribution in [0.5, 0.6) is 0 Å². The van der Waals surface area contributed by atoms with Crippen molar-refractivity contribution < 1.29 is 9.18 Å². The zero-order valence-corrected chi connectivity index (χ0v) is 17.7. The van der Waals surface area contributed by atoms with Crippen molar-refractivity contribution in [1.29, 1.82) is 0 Å². The van der Waals surface area contributed by atoms with Crippen LogP contribution in [0.15, 0.2) is 39.9 Å². The van der Waals surface area contributed by atoms with Crippen LogP contribution in [0.25, 0.3) is 6.08 Å². The summed E-state index contributed by atoms with van der Waals surface area (Å²) in [6, 6.07) is 6.07. The van der Waals surface area contributed by atoms with E-state index < -0.39 is 23.0 Å². The Balaban J connectivity index is 2.48. The summed E-state index contributed by atoms with van der Waals surface area (Å²) in [5, 5.41) is 0. The summed E-state index contributed by atoms with van der Waals surface area (Å²) in [4.78, 5) is 41.3. The molecule has 7 nitrogen and oxygen atoms in total. The van der Waals surface area contributed by atoms with E-state index in [0.29, 0.717) is 19.4 Å². The fraction of sp³-hybridized carbons (Fsp3) is 0.409. The average molecular weight is 416 g/mol. The van der Waals surface area contributed by atoms with Crippen LogP contribution in [0.1, 0.15) is 45.6 Å². The Morgan fingerprint density at radius 3 is 2.63 bits per heavy atom. The number of aromatic nitrogens is 2. The van der Waals surface area contributed by atoms with Gasteiger partial charge in [0.05, 0.1) is 0 Å². The number of nitrogens with two attached hydrogens (primary N) is 1. The SMILES string of the molecule is CCCCn1c(N)c(N(CCC(C)C)C(=O)/C=C/c2ccccc2F)c(=O)[nH]c1=O. The molecule has 0 saturated carbocycles. The van der Waals surface area contributed by atoms with E-state index in [1.165, 1.54) is 27.7 Å². The van der Waals surface area contributed by atoms with Crippen molar-refractivity contribution >= 4 is 23.5 Å². The minimum atomic E-state index is -0.721. The number of aromatic amines is 1. The molecule has 0 aliphatic rings. The van der Waals surface area contributed by atoms with Crippen LogP contribution in [0, 0.1) is 11.7 Å². The highest BCUT2D eigenvalue weighted by Crippen LogP contribution is 2.20. The summed E-state index contributed by atoms with van der Waals surface area (Å²) < 4.78 is 15.1. The fourth-order valence-electron chi connectivity index (χ4n) is 2.96. The van der Waals surface area contributed by atoms with Gasteiger partial charge in [-0.1, -0.05) is 45.4 Å². The molecule has 8 heteroatoms. The molecule has 0 aliphatic heterocycles. The Bertz CT molecular complexity index is 1020. The van der Waals surface area contributed by atoms with Gasteiger partial charge in [0.15, 0.2) is 5.69 Å². The third kappa shape index (κ3) is 5.68. The van der Waals surface area contributed by atoms with Crippen molar-refractivity contribution in [3.05, 3.63) is 62.6 Å². The van der Waals surface area contributed by atoms with Gasteiger partial charge in [0.2, 0.25) is 0 Å². The number of nitrogen functional groups attached to an aromatic ring is 1. The van der Waals surface area contributed by atoms with E-state index in [1.807, 2.05) is 20.8 Å². The van der Waals surface area contributed by atoms with Gasteiger partial charge in [0, 0.05) is 24.7 Å². The number of benzene rings is 1. The van der Waals surface area contributed by atoms with E-state index in [0.717, 1.165) is 6.42 Å². The van der Waals surface area contributed by atoms with Gasteiger partial charge >= 0.3 is 5.69 Å². The summed E-state index contributed by atoms with van der Waals surface area (Å²) in [5.74, 6) is -0.756. The van der Waals surface area contributed by atoms with Crippen LogP contribution in [0.3, 0.4) is 0 Å². The molecule has 2 rings (SSSR count). The van der Waals surface area contributed by atoms with E-state index >= 15 is 0 Å². The number of amides is 1. The Labute approximate surface area is 175 Å². The van der Waals surface area contributed by atoms with Crippen LogP contribution >= 0.6 is 0 Å². The predicted molar refractivity (Wildman–Crippen MR) is 118 cm³/mol. The summed E-state index contributed by atoms with van der Waals surface area (Å²) in [7, 11) is 0. The summed E-state index contributed by atoms with van der Waals surface area (Å²) in [5.41, 5.74) is 5.04. The molecule has 1 aromatic carbocycles. The second-order valence-electron chi connectivity index (χ2n) is 7.53. The molecule has 3 N–H and O–H groups in total. The third-order valence-corrected chi connectivity index (χ3v) is 4.73. The fourth-order valence-corrected chi connectivity index (χ4v) is 2.96. The molecule has 0 saturated heterocycles. The van der Waals surface area contributed by atoms with Crippen molar-refractivity contribution in [1.82, 2.24) is 9.55 Å². The van der Waals surface area contributed by atoms with Crippen molar-refractivity contribution in [2.75, 3.05) is 17.2 Å². The lowest BCUT2D eigenvalue weighted by molar-refractivity contribution is -0.114. The van der Waals surface area contributed by atoms with Crippen LogP contribution in [-0.4, -0.2) is 22.0 Å². The largest absolute Gasteiger partial charge is 0.383 e. The first-order valence-corrected chi connectivity index (χ1v) is 10.1. The molecule has 1 amide bonds. The normalized spacial score (nSPS) is 11.4. The maximum Gasteiger partial charge on any atom is 0.330 e. The van der Waals surface area contributed by atoms with Gasteiger partial charge in [-0.15, -0.1) is 0 Å². The Morgan fingerprint density at radius 2 is 2.00 bits per heavy atom. The third-order valence-electron chi connectivity index (χ3n) is 4.73. The molecule has 162 valence electrons. The number of anilines is 2. The first-order chi connectivity index (χ1) is 14.3. The lowest BCUT2D eigenvalue weighted by atomic mass is 10.1. The molecule has 2 aromatic rings. The van der Waals surface area contributed by atoms with Crippen molar-refractivity contribution in [2.45, 2.75) is 46.6 Å². The molecular formula is C22H29FN4O3. The molecule has 0 atom stereocenters. The lowest BCUT2D eigenvalue weighted by Gasteiger charge is -2.24. The zero-order valence-electron chi connectivity index (χ0n) is 17.7. The maximum atomic E-state index is 13.9. The minimum Gasteiger partial charge on any atom is -0.383 e. The van der Waals surface area contributed by atoms with Gasteiger partial charge in [0.25, 0.3) is 11.5 Å². The quantitative estimate of drug-likeness (QED) is 0.613. The first-order valence-electron chi connectivity index (χ1n) is 10.1. The van der Waals surface area contributed by atoms with Gasteiger partial charge in [-0.25, -0.2) is 9.18 Å². The average Bonchev–Trinajstić information content (AvgIpc) is 2.69. The number of nitrogens with zero attached hydrogens (tertiary/aromatic N) is 2. The van der Waals surface area contributed by atoms with Crippen LogP contribution in [-0.2, 0) is 11.3 Å². The predicted octanol–water partition coefficient (Wildman–Crippen LogP) is 3.15. The van der Waals surface area contributed by atoms with E-state index in [1.54, 1.807) is 18.2 Å². The Morgan fingerprint density at radius 1 is 1.30 bits per heavy atom. The maximum absolute atomic E-state index is 13.9. The van der Waals surface area contributed by atoms with Crippen LogP contribution in [0.4, 0.5) is 15.9 Å². The Kier molecular flexibility index (Phi) is 8.15. The highest BCUT2D eigenvalue weighted by molar-refractivity contribution is 6.05. The number of carbonyl (C=O) groups is 1. The number of halogens is 1. The first kappa shape index (κ1) is 23.1. The van der Waals surface area contributed by atoms with Gasteiger partial charge in [-0.05, 0) is 30.9 Å². The van der Waals surface area contributed by atoms with Crippen molar-refractivity contribution in [3.8, 4) is 0 Å². The van der Waals surface area contributed by atoms with Crippen LogP contribution in [0.2, 0.25) is 0 Å². The van der Waals surface area contributed by atoms with Crippen molar-refractivity contribution in [3.63, 3.8) is 0 Å². The number of rotatable bonds is 9. The molecule has 0 spiro atoms. The van der Waals surface area contributed by atoms with Crippen molar-refractivity contribution in [2.24, 2.45) is 5.92 Å². The number of hydrogen-bond acceptors (Lipinski definition) is 4. The van der Waals surface area contributed by atoms with Gasteiger partial charge < -0.3 is 10.6 Å². The Hall–Kier alpha value is -3.16. The molecule has 0 aliphatic carbocycles.